The van der Waals surface area contributed by atoms with Crippen molar-refractivity contribution in [1.29, 1.82) is 0 Å². The number of halogens is 1. The number of hydrogen-bond acceptors (Lipinski definition) is 5. The van der Waals surface area contributed by atoms with E-state index in [1.54, 1.807) is 12.1 Å². The van der Waals surface area contributed by atoms with Crippen molar-refractivity contribution in [3.05, 3.63) is 63.0 Å². The lowest BCUT2D eigenvalue weighted by Crippen LogP contribution is -2.36. The van der Waals surface area contributed by atoms with E-state index in [2.05, 4.69) is 5.32 Å². The van der Waals surface area contributed by atoms with E-state index >= 15 is 0 Å². The number of aryl methyl sites for hydroxylation is 2. The van der Waals surface area contributed by atoms with Crippen molar-refractivity contribution in [3.63, 3.8) is 0 Å². The van der Waals surface area contributed by atoms with E-state index in [0.717, 1.165) is 27.8 Å². The lowest BCUT2D eigenvalue weighted by Gasteiger charge is -2.13. The number of aromatic hydroxyl groups is 1. The number of rotatable bonds is 4. The van der Waals surface area contributed by atoms with Crippen molar-refractivity contribution in [3.8, 4) is 5.75 Å². The highest BCUT2D eigenvalue weighted by Gasteiger charge is 2.36. The predicted octanol–water partition coefficient (Wildman–Crippen LogP) is 4.34. The minimum absolute atomic E-state index is 0.0741. The number of imide groups is 1. The molecule has 1 saturated heterocycles. The topological polar surface area (TPSA) is 86.7 Å². The van der Waals surface area contributed by atoms with Crippen molar-refractivity contribution in [2.75, 3.05) is 11.9 Å². The average Bonchev–Trinajstić information content (AvgIpc) is 2.89. The fraction of sp³-hybridized carbons (Fsp3) is 0.150. The first-order valence-corrected chi connectivity index (χ1v) is 9.55. The minimum atomic E-state index is -0.547. The molecule has 1 aliphatic heterocycles. The third-order valence-corrected chi connectivity index (χ3v) is 5.45. The van der Waals surface area contributed by atoms with Crippen LogP contribution in [0.2, 0.25) is 5.02 Å². The molecule has 144 valence electrons. The molecular weight excluding hydrogens is 400 g/mol. The highest BCUT2D eigenvalue weighted by atomic mass is 35.5. The molecule has 0 saturated carbocycles. The van der Waals surface area contributed by atoms with Gasteiger partial charge in [0.05, 0.1) is 9.93 Å². The average molecular weight is 417 g/mol. The summed E-state index contributed by atoms with van der Waals surface area (Å²) in [6, 6.07) is 9.93. The van der Waals surface area contributed by atoms with Crippen LogP contribution in [0, 0.1) is 13.8 Å². The number of benzene rings is 2. The highest BCUT2D eigenvalue weighted by Crippen LogP contribution is 2.33. The Labute approximate surface area is 171 Å². The van der Waals surface area contributed by atoms with Crippen LogP contribution in [0.25, 0.3) is 6.08 Å². The molecule has 1 heterocycles. The van der Waals surface area contributed by atoms with Gasteiger partial charge in [-0.3, -0.25) is 19.3 Å². The Morgan fingerprint density at radius 1 is 1.18 bits per heavy atom. The maximum atomic E-state index is 12.5. The Hall–Kier alpha value is -2.77. The molecule has 0 spiro atoms. The Bertz CT molecular complexity index is 1020. The van der Waals surface area contributed by atoms with Gasteiger partial charge in [0.15, 0.2) is 0 Å². The predicted molar refractivity (Wildman–Crippen MR) is 110 cm³/mol. The molecule has 0 unspecified atom stereocenters. The van der Waals surface area contributed by atoms with Gasteiger partial charge in [-0.2, -0.15) is 0 Å². The first-order valence-electron chi connectivity index (χ1n) is 8.35. The van der Waals surface area contributed by atoms with Crippen LogP contribution in [0.5, 0.6) is 5.75 Å². The molecule has 0 aromatic heterocycles. The summed E-state index contributed by atoms with van der Waals surface area (Å²) in [5.74, 6) is -1.08. The minimum Gasteiger partial charge on any atom is -0.506 e. The second-order valence-corrected chi connectivity index (χ2v) is 7.73. The quantitative estimate of drug-likeness (QED) is 0.724. The van der Waals surface area contributed by atoms with E-state index in [1.165, 1.54) is 18.2 Å². The summed E-state index contributed by atoms with van der Waals surface area (Å²) in [7, 11) is 0. The number of phenolic OH excluding ortho intramolecular Hbond substituents is 1. The van der Waals surface area contributed by atoms with Crippen molar-refractivity contribution < 1.29 is 19.5 Å². The van der Waals surface area contributed by atoms with Gasteiger partial charge in [-0.15, -0.1) is 0 Å². The molecule has 2 aromatic carbocycles. The summed E-state index contributed by atoms with van der Waals surface area (Å²) in [5.41, 5.74) is 3.30. The molecule has 2 aromatic rings. The lowest BCUT2D eigenvalue weighted by molar-refractivity contribution is -0.127. The van der Waals surface area contributed by atoms with E-state index in [0.29, 0.717) is 11.3 Å². The van der Waals surface area contributed by atoms with Crippen molar-refractivity contribution in [2.24, 2.45) is 0 Å². The zero-order chi connectivity index (χ0) is 20.4. The zero-order valence-electron chi connectivity index (χ0n) is 15.2. The summed E-state index contributed by atoms with van der Waals surface area (Å²) < 4.78 is 0. The fourth-order valence-corrected chi connectivity index (χ4v) is 3.59. The number of thioether (sulfide) groups is 1. The Morgan fingerprint density at radius 2 is 1.93 bits per heavy atom. The third-order valence-electron chi connectivity index (χ3n) is 4.24. The maximum Gasteiger partial charge on any atom is 0.294 e. The SMILES string of the molecule is Cc1ccc(NC(=O)CN2C(=O)S/C(=C/c3ccc(O)c(Cl)c3)C2=O)cc1C. The molecule has 1 fully saturated rings. The monoisotopic (exact) mass is 416 g/mol. The van der Waals surface area contributed by atoms with E-state index in [4.69, 9.17) is 11.6 Å². The number of anilines is 1. The number of phenols is 1. The highest BCUT2D eigenvalue weighted by molar-refractivity contribution is 8.18. The zero-order valence-corrected chi connectivity index (χ0v) is 16.7. The van der Waals surface area contributed by atoms with Gasteiger partial charge in [0.1, 0.15) is 12.3 Å². The Kier molecular flexibility index (Phi) is 5.76. The van der Waals surface area contributed by atoms with Gasteiger partial charge >= 0.3 is 0 Å². The summed E-state index contributed by atoms with van der Waals surface area (Å²) in [6.45, 7) is 3.53. The van der Waals surface area contributed by atoms with Crippen LogP contribution in [-0.4, -0.2) is 33.6 Å². The number of amides is 3. The second kappa shape index (κ2) is 8.08. The van der Waals surface area contributed by atoms with E-state index < -0.39 is 17.1 Å². The van der Waals surface area contributed by atoms with E-state index in [9.17, 15) is 19.5 Å². The second-order valence-electron chi connectivity index (χ2n) is 6.33. The molecule has 2 N–H and O–H groups in total. The first-order chi connectivity index (χ1) is 13.2. The molecule has 1 aliphatic rings. The van der Waals surface area contributed by atoms with Gasteiger partial charge in [-0.05, 0) is 72.6 Å². The summed E-state index contributed by atoms with van der Waals surface area (Å²) >= 11 is 6.61. The third kappa shape index (κ3) is 4.37. The van der Waals surface area contributed by atoms with Gasteiger partial charge in [0, 0.05) is 5.69 Å². The normalized spacial score (nSPS) is 15.4. The van der Waals surface area contributed by atoms with Crippen LogP contribution in [0.15, 0.2) is 41.3 Å². The molecular formula is C20H17ClN2O4S. The molecule has 6 nitrogen and oxygen atoms in total. The van der Waals surface area contributed by atoms with Crippen LogP contribution < -0.4 is 5.32 Å². The van der Waals surface area contributed by atoms with Gasteiger partial charge < -0.3 is 10.4 Å². The molecule has 8 heteroatoms. The van der Waals surface area contributed by atoms with Crippen LogP contribution >= 0.6 is 23.4 Å². The van der Waals surface area contributed by atoms with E-state index in [1.807, 2.05) is 26.0 Å². The number of carbonyl (C=O) groups excluding carboxylic acids is 3. The number of nitrogens with one attached hydrogen (secondary N) is 1. The van der Waals surface area contributed by atoms with Gasteiger partial charge in [-0.25, -0.2) is 0 Å². The maximum absolute atomic E-state index is 12.5. The van der Waals surface area contributed by atoms with Crippen LogP contribution in [0.1, 0.15) is 16.7 Å². The summed E-state index contributed by atoms with van der Waals surface area (Å²) in [5, 5.41) is 11.8. The van der Waals surface area contributed by atoms with Gasteiger partial charge in [0.25, 0.3) is 11.1 Å². The molecule has 3 amide bonds. The van der Waals surface area contributed by atoms with Gasteiger partial charge in [0.2, 0.25) is 5.91 Å². The molecule has 3 rings (SSSR count). The largest absolute Gasteiger partial charge is 0.506 e. The van der Waals surface area contributed by atoms with E-state index in [-0.39, 0.29) is 22.2 Å². The molecule has 28 heavy (non-hydrogen) atoms. The summed E-state index contributed by atoms with van der Waals surface area (Å²) in [4.78, 5) is 38.0. The Balaban J connectivity index is 1.70. The molecule has 0 bridgehead atoms. The van der Waals surface area contributed by atoms with Gasteiger partial charge in [-0.1, -0.05) is 23.7 Å². The lowest BCUT2D eigenvalue weighted by atomic mass is 10.1. The first kappa shape index (κ1) is 20.0. The number of hydrogen-bond donors (Lipinski definition) is 2. The van der Waals surface area contributed by atoms with Crippen molar-refractivity contribution in [1.82, 2.24) is 4.90 Å². The standard InChI is InChI=1S/C20H17ClN2O4S/c1-11-3-5-14(7-12(11)2)22-18(25)10-23-19(26)17(28-20(23)27)9-13-4-6-16(24)15(21)8-13/h3-9,24H,10H2,1-2H3,(H,22,25)/b17-9+. The molecule has 0 radical (unpaired) electrons. The molecule has 0 aliphatic carbocycles. The number of nitrogens with zero attached hydrogens (tertiary/aromatic N) is 1. The Morgan fingerprint density at radius 3 is 2.61 bits per heavy atom. The van der Waals surface area contributed by atoms with Crippen molar-refractivity contribution >= 4 is 52.2 Å². The van der Waals surface area contributed by atoms with Crippen LogP contribution in [-0.2, 0) is 9.59 Å². The van der Waals surface area contributed by atoms with Crippen LogP contribution in [0.3, 0.4) is 0 Å². The van der Waals surface area contributed by atoms with Crippen molar-refractivity contribution in [2.45, 2.75) is 13.8 Å². The molecule has 0 atom stereocenters. The van der Waals surface area contributed by atoms with Crippen LogP contribution in [0.4, 0.5) is 10.5 Å². The fourth-order valence-electron chi connectivity index (χ4n) is 2.56. The summed E-state index contributed by atoms with van der Waals surface area (Å²) in [6.07, 6.45) is 1.50. The number of carbonyl (C=O) groups is 3. The smallest absolute Gasteiger partial charge is 0.294 e.